The summed E-state index contributed by atoms with van der Waals surface area (Å²) in [6.45, 7) is 2.02. The molecule has 2 N–H and O–H groups in total. The second-order valence-corrected chi connectivity index (χ2v) is 3.13. The standard InChI is InChI=1S/C9H12N2.ClH/c1-6-2-3-7-8(10)4-5-9(7)11-6;/h2-3,8H,4-5,10H2,1H3;1H/t8-;/m0./s1. The topological polar surface area (TPSA) is 38.9 Å². The number of rotatable bonds is 0. The Morgan fingerprint density at radius 3 is 3.00 bits per heavy atom. The number of nitrogens with two attached hydrogens (primary N) is 1. The van der Waals surface area contributed by atoms with E-state index in [1.165, 1.54) is 11.3 Å². The highest BCUT2D eigenvalue weighted by Gasteiger charge is 2.19. The quantitative estimate of drug-likeness (QED) is 0.668. The first-order valence-corrected chi connectivity index (χ1v) is 3.99. The van der Waals surface area contributed by atoms with Gasteiger partial charge in [-0.2, -0.15) is 0 Å². The second-order valence-electron chi connectivity index (χ2n) is 3.13. The van der Waals surface area contributed by atoms with E-state index in [1.54, 1.807) is 0 Å². The minimum atomic E-state index is 0. The van der Waals surface area contributed by atoms with Crippen molar-refractivity contribution in [2.24, 2.45) is 5.73 Å². The summed E-state index contributed by atoms with van der Waals surface area (Å²) < 4.78 is 0. The summed E-state index contributed by atoms with van der Waals surface area (Å²) in [5.41, 5.74) is 9.40. The zero-order chi connectivity index (χ0) is 7.84. The predicted octanol–water partition coefficient (Wildman–Crippen LogP) is 1.76. The lowest BCUT2D eigenvalue weighted by Crippen LogP contribution is -2.05. The van der Waals surface area contributed by atoms with E-state index < -0.39 is 0 Å². The van der Waals surface area contributed by atoms with Crippen LogP contribution in [0.15, 0.2) is 12.1 Å². The first-order valence-electron chi connectivity index (χ1n) is 3.99. The van der Waals surface area contributed by atoms with Gasteiger partial charge in [0, 0.05) is 17.4 Å². The Kier molecular flexibility index (Phi) is 2.70. The Hall–Kier alpha value is -0.600. The molecule has 3 heteroatoms. The molecule has 66 valence electrons. The normalized spacial score (nSPS) is 20.0. The molecular formula is C9H13ClN2. The van der Waals surface area contributed by atoms with Crippen molar-refractivity contribution in [2.75, 3.05) is 0 Å². The highest BCUT2D eigenvalue weighted by atomic mass is 35.5. The van der Waals surface area contributed by atoms with Gasteiger partial charge in [0.25, 0.3) is 0 Å². The molecule has 1 aliphatic rings. The third kappa shape index (κ3) is 1.45. The minimum Gasteiger partial charge on any atom is -0.324 e. The zero-order valence-corrected chi connectivity index (χ0v) is 7.90. The van der Waals surface area contributed by atoms with Gasteiger partial charge in [-0.3, -0.25) is 4.98 Å². The Bertz CT molecular complexity index is 286. The summed E-state index contributed by atoms with van der Waals surface area (Å²) in [6.07, 6.45) is 2.12. The molecular weight excluding hydrogens is 172 g/mol. The molecule has 1 aromatic rings. The molecule has 1 atom stereocenters. The average Bonchev–Trinajstić information content (AvgIpc) is 2.32. The third-order valence-electron chi connectivity index (χ3n) is 2.24. The van der Waals surface area contributed by atoms with E-state index >= 15 is 0 Å². The van der Waals surface area contributed by atoms with E-state index in [0.29, 0.717) is 0 Å². The smallest absolute Gasteiger partial charge is 0.0455 e. The van der Waals surface area contributed by atoms with Crippen molar-refractivity contribution >= 4 is 12.4 Å². The Morgan fingerprint density at radius 1 is 1.50 bits per heavy atom. The van der Waals surface area contributed by atoms with E-state index in [-0.39, 0.29) is 18.4 Å². The summed E-state index contributed by atoms with van der Waals surface area (Å²) in [5.74, 6) is 0. The third-order valence-corrected chi connectivity index (χ3v) is 2.24. The van der Waals surface area contributed by atoms with Crippen LogP contribution in [0.2, 0.25) is 0 Å². The minimum absolute atomic E-state index is 0. The summed E-state index contributed by atoms with van der Waals surface area (Å²) in [7, 11) is 0. The number of pyridine rings is 1. The summed E-state index contributed by atoms with van der Waals surface area (Å²) >= 11 is 0. The molecule has 0 bridgehead atoms. The lowest BCUT2D eigenvalue weighted by Gasteiger charge is -2.02. The zero-order valence-electron chi connectivity index (χ0n) is 7.08. The number of aryl methyl sites for hydroxylation is 2. The second kappa shape index (κ2) is 3.42. The van der Waals surface area contributed by atoms with Crippen LogP contribution >= 0.6 is 12.4 Å². The molecule has 0 amide bonds. The molecule has 1 aromatic heterocycles. The highest BCUT2D eigenvalue weighted by molar-refractivity contribution is 5.85. The molecule has 0 spiro atoms. The fourth-order valence-electron chi connectivity index (χ4n) is 1.61. The van der Waals surface area contributed by atoms with Gasteiger partial charge in [0.15, 0.2) is 0 Å². The van der Waals surface area contributed by atoms with Gasteiger partial charge in [0.1, 0.15) is 0 Å². The number of halogens is 1. The summed E-state index contributed by atoms with van der Waals surface area (Å²) in [6, 6.07) is 4.37. The van der Waals surface area contributed by atoms with Gasteiger partial charge in [0.05, 0.1) is 0 Å². The molecule has 0 unspecified atom stereocenters. The molecule has 0 aliphatic heterocycles. The molecule has 0 fully saturated rings. The monoisotopic (exact) mass is 184 g/mol. The van der Waals surface area contributed by atoms with Crippen molar-refractivity contribution in [3.05, 3.63) is 29.1 Å². The molecule has 2 nitrogen and oxygen atoms in total. The molecule has 0 radical (unpaired) electrons. The van der Waals surface area contributed by atoms with Crippen LogP contribution < -0.4 is 5.73 Å². The van der Waals surface area contributed by atoms with Crippen molar-refractivity contribution in [3.8, 4) is 0 Å². The highest BCUT2D eigenvalue weighted by Crippen LogP contribution is 2.27. The first-order chi connectivity index (χ1) is 5.27. The number of nitrogens with zero attached hydrogens (tertiary/aromatic N) is 1. The van der Waals surface area contributed by atoms with Crippen LogP contribution in [0.25, 0.3) is 0 Å². The molecule has 0 saturated heterocycles. The van der Waals surface area contributed by atoms with Crippen LogP contribution in [-0.2, 0) is 6.42 Å². The van der Waals surface area contributed by atoms with Gasteiger partial charge in [-0.15, -0.1) is 12.4 Å². The maximum absolute atomic E-state index is 5.86. The number of aromatic nitrogens is 1. The Morgan fingerprint density at radius 2 is 2.25 bits per heavy atom. The summed E-state index contributed by atoms with van der Waals surface area (Å²) in [4.78, 5) is 4.42. The average molecular weight is 185 g/mol. The van der Waals surface area contributed by atoms with Crippen LogP contribution in [0.3, 0.4) is 0 Å². The van der Waals surface area contributed by atoms with E-state index in [1.807, 2.05) is 13.0 Å². The van der Waals surface area contributed by atoms with Gasteiger partial charge in [-0.25, -0.2) is 0 Å². The Balaban J connectivity index is 0.000000720. The summed E-state index contributed by atoms with van der Waals surface area (Å²) in [5, 5.41) is 0. The van der Waals surface area contributed by atoms with E-state index in [2.05, 4.69) is 11.1 Å². The van der Waals surface area contributed by atoms with E-state index in [9.17, 15) is 0 Å². The maximum atomic E-state index is 5.86. The largest absolute Gasteiger partial charge is 0.324 e. The van der Waals surface area contributed by atoms with Gasteiger partial charge >= 0.3 is 0 Å². The fourth-order valence-corrected chi connectivity index (χ4v) is 1.61. The number of hydrogen-bond acceptors (Lipinski definition) is 2. The van der Waals surface area contributed by atoms with Crippen LogP contribution in [0.5, 0.6) is 0 Å². The molecule has 2 rings (SSSR count). The predicted molar refractivity (Wildman–Crippen MR) is 51.5 cm³/mol. The van der Waals surface area contributed by atoms with Crippen LogP contribution in [0, 0.1) is 6.92 Å². The number of hydrogen-bond donors (Lipinski definition) is 1. The van der Waals surface area contributed by atoms with Crippen molar-refractivity contribution < 1.29 is 0 Å². The molecule has 12 heavy (non-hydrogen) atoms. The van der Waals surface area contributed by atoms with E-state index in [4.69, 9.17) is 5.73 Å². The lowest BCUT2D eigenvalue weighted by molar-refractivity contribution is 0.712. The molecule has 0 aromatic carbocycles. The SMILES string of the molecule is Cc1ccc2c(n1)CC[C@@H]2N.Cl. The first kappa shape index (κ1) is 9.49. The van der Waals surface area contributed by atoms with Crippen molar-refractivity contribution in [2.45, 2.75) is 25.8 Å². The van der Waals surface area contributed by atoms with Crippen molar-refractivity contribution in [3.63, 3.8) is 0 Å². The van der Waals surface area contributed by atoms with E-state index in [0.717, 1.165) is 18.5 Å². The van der Waals surface area contributed by atoms with Gasteiger partial charge in [0.2, 0.25) is 0 Å². The Labute approximate surface area is 78.6 Å². The van der Waals surface area contributed by atoms with Gasteiger partial charge < -0.3 is 5.73 Å². The van der Waals surface area contributed by atoms with Gasteiger partial charge in [-0.05, 0) is 31.4 Å². The van der Waals surface area contributed by atoms with Crippen LogP contribution in [0.4, 0.5) is 0 Å². The lowest BCUT2D eigenvalue weighted by atomic mass is 10.1. The van der Waals surface area contributed by atoms with Crippen LogP contribution in [0.1, 0.15) is 29.4 Å². The maximum Gasteiger partial charge on any atom is 0.0455 e. The molecule has 1 aliphatic carbocycles. The molecule has 1 heterocycles. The van der Waals surface area contributed by atoms with Crippen molar-refractivity contribution in [1.29, 1.82) is 0 Å². The fraction of sp³-hybridized carbons (Fsp3) is 0.444. The van der Waals surface area contributed by atoms with Crippen LogP contribution in [-0.4, -0.2) is 4.98 Å². The van der Waals surface area contributed by atoms with Gasteiger partial charge in [-0.1, -0.05) is 6.07 Å². The number of fused-ring (bicyclic) bond motifs is 1. The van der Waals surface area contributed by atoms with Crippen molar-refractivity contribution in [1.82, 2.24) is 4.98 Å². The molecule has 0 saturated carbocycles.